The van der Waals surface area contributed by atoms with Gasteiger partial charge >= 0.3 is 0 Å². The number of likely N-dealkylation sites (tertiary alicyclic amines) is 1. The Morgan fingerprint density at radius 3 is 2.20 bits per heavy atom. The van der Waals surface area contributed by atoms with Gasteiger partial charge in [-0.3, -0.25) is 4.90 Å². The predicted octanol–water partition coefficient (Wildman–Crippen LogP) is 0.179. The van der Waals surface area contributed by atoms with Gasteiger partial charge < -0.3 is 20.3 Å². The van der Waals surface area contributed by atoms with Crippen LogP contribution in [0.5, 0.6) is 0 Å². The Balaban J connectivity index is 2.08. The molecule has 0 aromatic heterocycles. The van der Waals surface area contributed by atoms with E-state index in [1.165, 1.54) is 0 Å². The second kappa shape index (κ2) is 6.65. The van der Waals surface area contributed by atoms with Crippen molar-refractivity contribution in [2.24, 2.45) is 5.73 Å². The summed E-state index contributed by atoms with van der Waals surface area (Å²) in [5, 5.41) is 10.8. The van der Waals surface area contributed by atoms with Crippen molar-refractivity contribution in [1.29, 1.82) is 0 Å². The van der Waals surface area contributed by atoms with Gasteiger partial charge in [-0.15, -0.1) is 0 Å². The first-order chi connectivity index (χ1) is 9.62. The summed E-state index contributed by atoms with van der Waals surface area (Å²) in [6.07, 6.45) is 0.0793. The van der Waals surface area contributed by atoms with E-state index in [0.29, 0.717) is 6.54 Å². The molecule has 2 rings (SSSR count). The summed E-state index contributed by atoms with van der Waals surface area (Å²) in [5.41, 5.74) is 5.62. The Morgan fingerprint density at radius 2 is 1.75 bits per heavy atom. The van der Waals surface area contributed by atoms with Crippen molar-refractivity contribution >= 4 is 0 Å². The van der Waals surface area contributed by atoms with E-state index in [1.54, 1.807) is 14.2 Å². The number of β-amino-alcohol motifs (C(OH)–C–C–N with tert-alkyl or cyclic N) is 1. The minimum absolute atomic E-state index is 0.0396. The van der Waals surface area contributed by atoms with Crippen LogP contribution >= 0.6 is 0 Å². The van der Waals surface area contributed by atoms with E-state index in [4.69, 9.17) is 15.2 Å². The number of nitrogens with zero attached hydrogens (tertiary/aromatic N) is 1. The van der Waals surface area contributed by atoms with Gasteiger partial charge in [0.05, 0.1) is 12.2 Å². The van der Waals surface area contributed by atoms with E-state index in [9.17, 15) is 5.11 Å². The lowest BCUT2D eigenvalue weighted by Gasteiger charge is -2.31. The van der Waals surface area contributed by atoms with E-state index in [2.05, 4.69) is 4.90 Å². The minimum atomic E-state index is -1.04. The molecular weight excluding hydrogens is 256 g/mol. The van der Waals surface area contributed by atoms with Gasteiger partial charge in [0.15, 0.2) is 0 Å². The van der Waals surface area contributed by atoms with Crippen LogP contribution < -0.4 is 5.73 Å². The van der Waals surface area contributed by atoms with Crippen LogP contribution in [0.3, 0.4) is 0 Å². The maximum atomic E-state index is 10.8. The summed E-state index contributed by atoms with van der Waals surface area (Å²) < 4.78 is 10.8. The average Bonchev–Trinajstić information content (AvgIpc) is 2.89. The summed E-state index contributed by atoms with van der Waals surface area (Å²) in [5.74, 6) is 0. The summed E-state index contributed by atoms with van der Waals surface area (Å²) in [6, 6.07) is 9.57. The first kappa shape index (κ1) is 15.4. The fourth-order valence-electron chi connectivity index (χ4n) is 2.79. The summed E-state index contributed by atoms with van der Waals surface area (Å²) in [7, 11) is 3.37. The summed E-state index contributed by atoms with van der Waals surface area (Å²) in [6.45, 7) is 2.14. The maximum Gasteiger partial charge on any atom is 0.114 e. The molecule has 20 heavy (non-hydrogen) atoms. The Labute approximate surface area is 120 Å². The van der Waals surface area contributed by atoms with Gasteiger partial charge in [0, 0.05) is 40.4 Å². The lowest BCUT2D eigenvalue weighted by Crippen LogP contribution is -2.45. The van der Waals surface area contributed by atoms with E-state index in [1.807, 2.05) is 30.3 Å². The van der Waals surface area contributed by atoms with Gasteiger partial charge in [-0.05, 0) is 5.56 Å². The van der Waals surface area contributed by atoms with Crippen molar-refractivity contribution in [2.75, 3.05) is 40.4 Å². The molecule has 0 spiro atoms. The molecule has 3 N–H and O–H groups in total. The van der Waals surface area contributed by atoms with E-state index in [-0.39, 0.29) is 18.8 Å². The van der Waals surface area contributed by atoms with Crippen molar-refractivity contribution in [3.8, 4) is 0 Å². The van der Waals surface area contributed by atoms with Crippen LogP contribution in [0.25, 0.3) is 0 Å². The molecule has 112 valence electrons. The molecule has 0 radical (unpaired) electrons. The highest BCUT2D eigenvalue weighted by Gasteiger charge is 2.38. The predicted molar refractivity (Wildman–Crippen MR) is 77.4 cm³/mol. The van der Waals surface area contributed by atoms with Gasteiger partial charge in [-0.1, -0.05) is 30.3 Å². The van der Waals surface area contributed by atoms with Crippen molar-refractivity contribution in [2.45, 2.75) is 17.8 Å². The standard InChI is InChI=1S/C15H24N2O3/c1-19-13-8-17(9-14(13)20-2)11-15(18,10-16)12-6-4-3-5-7-12/h3-7,13-14,18H,8-11,16H2,1-2H3. The number of rotatable bonds is 6. The van der Waals surface area contributed by atoms with E-state index < -0.39 is 5.60 Å². The Morgan fingerprint density at radius 1 is 1.20 bits per heavy atom. The number of ether oxygens (including phenoxy) is 2. The van der Waals surface area contributed by atoms with Gasteiger partial charge in [-0.2, -0.15) is 0 Å². The highest BCUT2D eigenvalue weighted by molar-refractivity contribution is 5.23. The first-order valence-electron chi connectivity index (χ1n) is 6.89. The lowest BCUT2D eigenvalue weighted by molar-refractivity contribution is -0.00461. The molecule has 0 bridgehead atoms. The fraction of sp³-hybridized carbons (Fsp3) is 0.600. The number of benzene rings is 1. The van der Waals surface area contributed by atoms with Crippen molar-refractivity contribution < 1.29 is 14.6 Å². The molecule has 1 aliphatic heterocycles. The van der Waals surface area contributed by atoms with Gasteiger partial charge in [0.25, 0.3) is 0 Å². The number of hydrogen-bond acceptors (Lipinski definition) is 5. The Kier molecular flexibility index (Phi) is 5.12. The van der Waals surface area contributed by atoms with Crippen LogP contribution in [0.15, 0.2) is 30.3 Å². The van der Waals surface area contributed by atoms with Gasteiger partial charge in [0.2, 0.25) is 0 Å². The van der Waals surface area contributed by atoms with Gasteiger partial charge in [-0.25, -0.2) is 0 Å². The van der Waals surface area contributed by atoms with E-state index >= 15 is 0 Å². The SMILES string of the molecule is COC1CN(CC(O)(CN)c2ccccc2)CC1OC. The molecule has 0 amide bonds. The number of methoxy groups -OCH3 is 2. The zero-order valence-electron chi connectivity index (χ0n) is 12.2. The minimum Gasteiger partial charge on any atom is -0.382 e. The summed E-state index contributed by atoms with van der Waals surface area (Å²) in [4.78, 5) is 2.14. The zero-order chi connectivity index (χ0) is 14.6. The maximum absolute atomic E-state index is 10.8. The molecule has 1 fully saturated rings. The molecular formula is C15H24N2O3. The highest BCUT2D eigenvalue weighted by atomic mass is 16.5. The Hall–Kier alpha value is -0.980. The topological polar surface area (TPSA) is 68.0 Å². The van der Waals surface area contributed by atoms with Crippen molar-refractivity contribution in [3.05, 3.63) is 35.9 Å². The molecule has 1 aliphatic rings. The van der Waals surface area contributed by atoms with Crippen LogP contribution in [-0.4, -0.2) is 62.6 Å². The van der Waals surface area contributed by atoms with E-state index in [0.717, 1.165) is 18.7 Å². The molecule has 0 saturated carbocycles. The molecule has 1 saturated heterocycles. The van der Waals surface area contributed by atoms with Crippen molar-refractivity contribution in [1.82, 2.24) is 4.90 Å². The lowest BCUT2D eigenvalue weighted by atomic mass is 9.93. The quantitative estimate of drug-likeness (QED) is 0.778. The van der Waals surface area contributed by atoms with Gasteiger partial charge in [0.1, 0.15) is 5.60 Å². The third kappa shape index (κ3) is 3.19. The molecule has 5 heteroatoms. The number of nitrogens with two attached hydrogens (primary N) is 1. The molecule has 3 atom stereocenters. The highest BCUT2D eigenvalue weighted by Crippen LogP contribution is 2.24. The smallest absolute Gasteiger partial charge is 0.114 e. The monoisotopic (exact) mass is 280 g/mol. The summed E-state index contributed by atoms with van der Waals surface area (Å²) >= 11 is 0. The van der Waals surface area contributed by atoms with Crippen LogP contribution in [0.1, 0.15) is 5.56 Å². The second-order valence-corrected chi connectivity index (χ2v) is 5.34. The number of aliphatic hydroxyl groups is 1. The molecule has 5 nitrogen and oxygen atoms in total. The number of hydrogen-bond donors (Lipinski definition) is 2. The molecule has 1 aromatic carbocycles. The van der Waals surface area contributed by atoms with Crippen molar-refractivity contribution in [3.63, 3.8) is 0 Å². The second-order valence-electron chi connectivity index (χ2n) is 5.34. The molecule has 1 aromatic rings. The van der Waals surface area contributed by atoms with Crippen LogP contribution in [0.2, 0.25) is 0 Å². The third-order valence-electron chi connectivity index (χ3n) is 4.03. The first-order valence-corrected chi connectivity index (χ1v) is 6.89. The van der Waals surface area contributed by atoms with Crippen LogP contribution in [-0.2, 0) is 15.1 Å². The Bertz CT molecular complexity index is 403. The molecule has 0 aliphatic carbocycles. The average molecular weight is 280 g/mol. The normalized spacial score (nSPS) is 26.6. The zero-order valence-corrected chi connectivity index (χ0v) is 12.2. The molecule has 3 unspecified atom stereocenters. The van der Waals surface area contributed by atoms with Crippen LogP contribution in [0, 0.1) is 0 Å². The third-order valence-corrected chi connectivity index (χ3v) is 4.03. The largest absolute Gasteiger partial charge is 0.382 e. The molecule has 1 heterocycles. The van der Waals surface area contributed by atoms with Crippen LogP contribution in [0.4, 0.5) is 0 Å². The fourth-order valence-corrected chi connectivity index (χ4v) is 2.79.